The molecule has 1 heterocycles. The Hall–Kier alpha value is -0.350. The lowest BCUT2D eigenvalue weighted by Gasteiger charge is -2.21. The van der Waals surface area contributed by atoms with Crippen LogP contribution in [0, 0.1) is 0 Å². The third-order valence-corrected chi connectivity index (χ3v) is 3.54. The van der Waals surface area contributed by atoms with Crippen molar-refractivity contribution in [3.8, 4) is 0 Å². The van der Waals surface area contributed by atoms with E-state index < -0.39 is 0 Å². The molecule has 0 bridgehead atoms. The van der Waals surface area contributed by atoms with Crippen molar-refractivity contribution in [2.24, 2.45) is 0 Å². The summed E-state index contributed by atoms with van der Waals surface area (Å²) in [5.74, 6) is 0. The van der Waals surface area contributed by atoms with E-state index >= 15 is 0 Å². The Morgan fingerprint density at radius 1 is 1.28 bits per heavy atom. The summed E-state index contributed by atoms with van der Waals surface area (Å²) < 4.78 is 2.14. The van der Waals surface area contributed by atoms with Gasteiger partial charge in [-0.1, -0.05) is 36.2 Å². The molecule has 0 aliphatic heterocycles. The van der Waals surface area contributed by atoms with Gasteiger partial charge in [0.2, 0.25) is 0 Å². The van der Waals surface area contributed by atoms with Crippen LogP contribution in [0.1, 0.15) is 45.0 Å². The zero-order chi connectivity index (χ0) is 13.4. The normalized spacial score (nSPS) is 11.4. The number of nitrogens with zero attached hydrogens (tertiary/aromatic N) is 3. The van der Waals surface area contributed by atoms with Gasteiger partial charge in [0.15, 0.2) is 0 Å². The fourth-order valence-corrected chi connectivity index (χ4v) is 2.59. The summed E-state index contributed by atoms with van der Waals surface area (Å²) in [5, 5.41) is 5.66. The number of aromatic nitrogens is 2. The third-order valence-electron chi connectivity index (χ3n) is 3.19. The van der Waals surface area contributed by atoms with Crippen LogP contribution in [-0.2, 0) is 19.5 Å². The molecule has 0 amide bonds. The van der Waals surface area contributed by atoms with Crippen LogP contribution in [0.3, 0.4) is 0 Å². The van der Waals surface area contributed by atoms with Gasteiger partial charge in [-0.05, 0) is 32.4 Å². The van der Waals surface area contributed by atoms with Crippen LogP contribution in [0.15, 0.2) is 6.07 Å². The highest BCUT2D eigenvalue weighted by Crippen LogP contribution is 2.10. The van der Waals surface area contributed by atoms with Gasteiger partial charge in [0.25, 0.3) is 0 Å². The van der Waals surface area contributed by atoms with Crippen LogP contribution >= 0.6 is 15.9 Å². The standard InChI is InChI=1S/C14H26BrN3/c1-4-7-9-17(10-8-15)12-14-11-13(5-2)16-18(14)6-3/h11H,4-10,12H2,1-3H3. The van der Waals surface area contributed by atoms with Gasteiger partial charge in [-0.2, -0.15) is 5.10 Å². The maximum absolute atomic E-state index is 4.62. The van der Waals surface area contributed by atoms with Crippen LogP contribution < -0.4 is 0 Å². The molecule has 0 aliphatic rings. The number of rotatable bonds is 9. The Labute approximate surface area is 120 Å². The maximum Gasteiger partial charge on any atom is 0.0625 e. The minimum Gasteiger partial charge on any atom is -0.297 e. The molecule has 1 rings (SSSR count). The van der Waals surface area contributed by atoms with E-state index in [9.17, 15) is 0 Å². The van der Waals surface area contributed by atoms with Crippen molar-refractivity contribution in [1.29, 1.82) is 0 Å². The molecule has 3 nitrogen and oxygen atoms in total. The maximum atomic E-state index is 4.62. The first-order valence-corrected chi connectivity index (χ1v) is 8.21. The number of halogens is 1. The fourth-order valence-electron chi connectivity index (χ4n) is 2.09. The number of hydrogen-bond donors (Lipinski definition) is 0. The second-order valence-electron chi connectivity index (χ2n) is 4.62. The molecule has 0 N–H and O–H groups in total. The Balaban J connectivity index is 2.68. The smallest absolute Gasteiger partial charge is 0.0625 e. The summed E-state index contributed by atoms with van der Waals surface area (Å²) >= 11 is 3.55. The Morgan fingerprint density at radius 2 is 2.06 bits per heavy atom. The summed E-state index contributed by atoms with van der Waals surface area (Å²) in [6.07, 6.45) is 3.55. The van der Waals surface area contributed by atoms with Crippen molar-refractivity contribution in [3.05, 3.63) is 17.5 Å². The van der Waals surface area contributed by atoms with Crippen LogP contribution in [0.2, 0.25) is 0 Å². The van der Waals surface area contributed by atoms with E-state index in [4.69, 9.17) is 0 Å². The SMILES string of the molecule is CCCCN(CCBr)Cc1cc(CC)nn1CC. The molecule has 0 aromatic carbocycles. The van der Waals surface area contributed by atoms with Crippen LogP contribution in [-0.4, -0.2) is 33.1 Å². The lowest BCUT2D eigenvalue weighted by molar-refractivity contribution is 0.269. The predicted molar refractivity (Wildman–Crippen MR) is 81.3 cm³/mol. The highest BCUT2D eigenvalue weighted by molar-refractivity contribution is 9.09. The molecular formula is C14H26BrN3. The van der Waals surface area contributed by atoms with Gasteiger partial charge in [0.1, 0.15) is 0 Å². The van der Waals surface area contributed by atoms with E-state index in [1.165, 1.54) is 30.8 Å². The van der Waals surface area contributed by atoms with Crippen molar-refractivity contribution in [2.45, 2.75) is 53.1 Å². The van der Waals surface area contributed by atoms with Crippen molar-refractivity contribution < 1.29 is 0 Å². The average Bonchev–Trinajstić information content (AvgIpc) is 2.78. The first kappa shape index (κ1) is 15.7. The molecule has 0 aliphatic carbocycles. The molecule has 1 aromatic rings. The van der Waals surface area contributed by atoms with Crippen LogP contribution in [0.25, 0.3) is 0 Å². The zero-order valence-corrected chi connectivity index (χ0v) is 13.5. The van der Waals surface area contributed by atoms with Gasteiger partial charge in [0, 0.05) is 25.0 Å². The minimum atomic E-state index is 0.964. The lowest BCUT2D eigenvalue weighted by atomic mass is 10.2. The molecular weight excluding hydrogens is 290 g/mol. The predicted octanol–water partition coefficient (Wildman–Crippen LogP) is 3.46. The largest absolute Gasteiger partial charge is 0.297 e. The molecule has 18 heavy (non-hydrogen) atoms. The van der Waals surface area contributed by atoms with Crippen molar-refractivity contribution in [3.63, 3.8) is 0 Å². The molecule has 4 heteroatoms. The number of alkyl halides is 1. The first-order chi connectivity index (χ1) is 8.74. The quantitative estimate of drug-likeness (QED) is 0.651. The summed E-state index contributed by atoms with van der Waals surface area (Å²) in [6, 6.07) is 2.26. The monoisotopic (exact) mass is 315 g/mol. The van der Waals surface area contributed by atoms with Gasteiger partial charge in [0.05, 0.1) is 11.4 Å². The van der Waals surface area contributed by atoms with E-state index in [2.05, 4.69) is 57.4 Å². The lowest BCUT2D eigenvalue weighted by Crippen LogP contribution is -2.27. The minimum absolute atomic E-state index is 0.964. The van der Waals surface area contributed by atoms with Crippen molar-refractivity contribution in [2.75, 3.05) is 18.4 Å². The molecule has 0 atom stereocenters. The molecule has 1 aromatic heterocycles. The zero-order valence-electron chi connectivity index (χ0n) is 12.0. The van der Waals surface area contributed by atoms with Gasteiger partial charge < -0.3 is 0 Å². The van der Waals surface area contributed by atoms with Gasteiger partial charge >= 0.3 is 0 Å². The van der Waals surface area contributed by atoms with E-state index in [1.807, 2.05) is 0 Å². The summed E-state index contributed by atoms with van der Waals surface area (Å²) in [7, 11) is 0. The van der Waals surface area contributed by atoms with E-state index in [0.29, 0.717) is 0 Å². The van der Waals surface area contributed by atoms with E-state index in [0.717, 1.165) is 31.4 Å². The molecule has 0 unspecified atom stereocenters. The summed E-state index contributed by atoms with van der Waals surface area (Å²) in [6.45, 7) is 10.8. The number of hydrogen-bond acceptors (Lipinski definition) is 2. The molecule has 104 valence electrons. The summed E-state index contributed by atoms with van der Waals surface area (Å²) in [4.78, 5) is 2.51. The third kappa shape index (κ3) is 4.73. The van der Waals surface area contributed by atoms with Crippen LogP contribution in [0.4, 0.5) is 0 Å². The van der Waals surface area contributed by atoms with Crippen molar-refractivity contribution >= 4 is 15.9 Å². The summed E-state index contributed by atoms with van der Waals surface area (Å²) in [5.41, 5.74) is 2.56. The molecule has 0 spiro atoms. The Kier molecular flexibility index (Phi) is 7.59. The highest BCUT2D eigenvalue weighted by Gasteiger charge is 2.10. The Morgan fingerprint density at radius 3 is 2.61 bits per heavy atom. The van der Waals surface area contributed by atoms with Gasteiger partial charge in [-0.15, -0.1) is 0 Å². The average molecular weight is 316 g/mol. The topological polar surface area (TPSA) is 21.1 Å². The number of unbranched alkanes of at least 4 members (excludes halogenated alkanes) is 1. The fraction of sp³-hybridized carbons (Fsp3) is 0.786. The molecule has 0 radical (unpaired) electrons. The van der Waals surface area contributed by atoms with Crippen LogP contribution in [0.5, 0.6) is 0 Å². The second-order valence-corrected chi connectivity index (χ2v) is 5.41. The van der Waals surface area contributed by atoms with Gasteiger partial charge in [-0.3, -0.25) is 9.58 Å². The Bertz CT molecular complexity index is 336. The molecule has 0 saturated carbocycles. The van der Waals surface area contributed by atoms with Crippen molar-refractivity contribution in [1.82, 2.24) is 14.7 Å². The molecule has 0 saturated heterocycles. The van der Waals surface area contributed by atoms with Gasteiger partial charge in [-0.25, -0.2) is 0 Å². The molecule has 0 fully saturated rings. The highest BCUT2D eigenvalue weighted by atomic mass is 79.9. The van der Waals surface area contributed by atoms with E-state index in [-0.39, 0.29) is 0 Å². The number of aryl methyl sites for hydroxylation is 2. The van der Waals surface area contributed by atoms with E-state index in [1.54, 1.807) is 0 Å². The first-order valence-electron chi connectivity index (χ1n) is 7.09. The second kappa shape index (κ2) is 8.70.